The van der Waals surface area contributed by atoms with E-state index in [1.165, 1.54) is 0 Å². The summed E-state index contributed by atoms with van der Waals surface area (Å²) >= 11 is 0. The molecule has 2 saturated carbocycles. The molecule has 0 radical (unpaired) electrons. The summed E-state index contributed by atoms with van der Waals surface area (Å²) in [6.45, 7) is 6.26. The maximum atomic E-state index is 12.7. The lowest BCUT2D eigenvalue weighted by molar-refractivity contribution is -0.148. The maximum absolute atomic E-state index is 12.7. The van der Waals surface area contributed by atoms with Crippen molar-refractivity contribution in [1.82, 2.24) is 19.4 Å². The number of ether oxygens (including phenoxy) is 1. The number of pyridine rings is 3. The van der Waals surface area contributed by atoms with Gasteiger partial charge in [0.25, 0.3) is 11.1 Å². The molecule has 0 aliphatic heterocycles. The summed E-state index contributed by atoms with van der Waals surface area (Å²) in [7, 11) is 3.49. The lowest BCUT2D eigenvalue weighted by atomic mass is 9.96. The summed E-state index contributed by atoms with van der Waals surface area (Å²) in [5, 5.41) is 2.91. The van der Waals surface area contributed by atoms with Gasteiger partial charge in [-0.1, -0.05) is 19.4 Å². The Morgan fingerprint density at radius 1 is 0.904 bits per heavy atom. The minimum atomic E-state index is -0.509. The SMILES string of the molecule is CCCCOC(=O)[C@@H]1CC[C@@H](Cc2ccn(C)c(=O)c2)C1.Cc1nc(N)ccc1CCC(=O)[C@H](C)NC(=O)[C@@H]1CC[C@@H](Cc2ccn(C)c(=O)c2)C1. The summed E-state index contributed by atoms with van der Waals surface area (Å²) in [6, 6.07) is 10.5. The first-order valence-electron chi connectivity index (χ1n) is 18.9. The van der Waals surface area contributed by atoms with Crippen LogP contribution in [0.25, 0.3) is 0 Å². The highest BCUT2D eigenvalue weighted by atomic mass is 16.5. The van der Waals surface area contributed by atoms with Crippen LogP contribution >= 0.6 is 0 Å². The molecule has 3 heterocycles. The van der Waals surface area contributed by atoms with Crippen LogP contribution in [0.4, 0.5) is 5.82 Å². The third kappa shape index (κ3) is 12.0. The van der Waals surface area contributed by atoms with E-state index >= 15 is 0 Å². The summed E-state index contributed by atoms with van der Waals surface area (Å²) in [4.78, 5) is 64.8. The largest absolute Gasteiger partial charge is 0.465 e. The zero-order chi connectivity index (χ0) is 37.8. The topological polar surface area (TPSA) is 155 Å². The van der Waals surface area contributed by atoms with Crippen LogP contribution in [0.1, 0.15) is 94.0 Å². The van der Waals surface area contributed by atoms with Gasteiger partial charge in [-0.05, 0) is 125 Å². The predicted molar refractivity (Wildman–Crippen MR) is 203 cm³/mol. The van der Waals surface area contributed by atoms with Crippen molar-refractivity contribution in [3.63, 3.8) is 0 Å². The van der Waals surface area contributed by atoms with Gasteiger partial charge < -0.3 is 24.9 Å². The number of nitrogens with two attached hydrogens (primary N) is 1. The van der Waals surface area contributed by atoms with E-state index in [4.69, 9.17) is 10.5 Å². The van der Waals surface area contributed by atoms with E-state index in [1.54, 1.807) is 54.5 Å². The second kappa shape index (κ2) is 19.3. The van der Waals surface area contributed by atoms with E-state index < -0.39 is 6.04 Å². The number of nitrogens with one attached hydrogen (secondary N) is 1. The number of ketones is 1. The van der Waals surface area contributed by atoms with Crippen molar-refractivity contribution in [3.8, 4) is 0 Å². The van der Waals surface area contributed by atoms with Gasteiger partial charge in [-0.15, -0.1) is 0 Å². The summed E-state index contributed by atoms with van der Waals surface area (Å²) in [5.41, 5.74) is 9.61. The number of aromatic nitrogens is 3. The number of carbonyl (C=O) groups is 3. The van der Waals surface area contributed by atoms with Gasteiger partial charge in [0.15, 0.2) is 5.78 Å². The molecule has 0 spiro atoms. The summed E-state index contributed by atoms with van der Waals surface area (Å²) in [6.07, 6.45) is 13.6. The van der Waals surface area contributed by atoms with Gasteiger partial charge >= 0.3 is 5.97 Å². The van der Waals surface area contributed by atoms with Crippen LogP contribution in [0.2, 0.25) is 0 Å². The number of hydrogen-bond acceptors (Lipinski definition) is 8. The van der Waals surface area contributed by atoms with Crippen LogP contribution < -0.4 is 22.2 Å². The number of anilines is 1. The summed E-state index contributed by atoms with van der Waals surface area (Å²) in [5.74, 6) is 1.26. The molecule has 2 aliphatic rings. The van der Waals surface area contributed by atoms with Crippen LogP contribution in [0.15, 0.2) is 58.4 Å². The molecule has 0 saturated heterocycles. The number of aryl methyl sites for hydroxylation is 4. The molecule has 52 heavy (non-hydrogen) atoms. The van der Waals surface area contributed by atoms with Crippen molar-refractivity contribution in [1.29, 1.82) is 0 Å². The third-order valence-electron chi connectivity index (χ3n) is 10.6. The molecule has 5 rings (SSSR count). The quantitative estimate of drug-likeness (QED) is 0.174. The number of hydrogen-bond donors (Lipinski definition) is 2. The molecular formula is C41H57N5O6. The van der Waals surface area contributed by atoms with Gasteiger partial charge in [-0.3, -0.25) is 24.0 Å². The first kappa shape index (κ1) is 40.2. The number of rotatable bonds is 14. The molecule has 282 valence electrons. The Morgan fingerprint density at radius 3 is 2.04 bits per heavy atom. The average Bonchev–Trinajstić information content (AvgIpc) is 3.78. The van der Waals surface area contributed by atoms with Gasteiger partial charge in [0.2, 0.25) is 5.91 Å². The number of amides is 1. The van der Waals surface area contributed by atoms with Crippen molar-refractivity contribution >= 4 is 23.5 Å². The van der Waals surface area contributed by atoms with Crippen LogP contribution in [0.5, 0.6) is 0 Å². The van der Waals surface area contributed by atoms with Gasteiger partial charge in [0.1, 0.15) is 5.82 Å². The molecule has 0 bridgehead atoms. The number of nitrogens with zero attached hydrogens (tertiary/aromatic N) is 3. The monoisotopic (exact) mass is 715 g/mol. The molecule has 0 unspecified atom stereocenters. The molecule has 11 nitrogen and oxygen atoms in total. The molecule has 3 N–H and O–H groups in total. The fourth-order valence-corrected chi connectivity index (χ4v) is 7.27. The predicted octanol–water partition coefficient (Wildman–Crippen LogP) is 5.02. The van der Waals surface area contributed by atoms with E-state index in [-0.39, 0.29) is 40.6 Å². The molecule has 2 aliphatic carbocycles. The molecule has 3 aromatic heterocycles. The first-order chi connectivity index (χ1) is 24.8. The van der Waals surface area contributed by atoms with Gasteiger partial charge in [0, 0.05) is 56.7 Å². The second-order valence-electron chi connectivity index (χ2n) is 14.8. The van der Waals surface area contributed by atoms with E-state index in [9.17, 15) is 24.0 Å². The van der Waals surface area contributed by atoms with Crippen molar-refractivity contribution in [3.05, 3.63) is 91.9 Å². The van der Waals surface area contributed by atoms with Gasteiger partial charge in [0.05, 0.1) is 18.6 Å². The molecule has 1 amide bonds. The zero-order valence-corrected chi connectivity index (χ0v) is 31.6. The summed E-state index contributed by atoms with van der Waals surface area (Å²) < 4.78 is 8.44. The van der Waals surface area contributed by atoms with Crippen molar-refractivity contribution < 1.29 is 19.1 Å². The average molecular weight is 716 g/mol. The van der Waals surface area contributed by atoms with Crippen molar-refractivity contribution in [2.75, 3.05) is 12.3 Å². The Bertz CT molecular complexity index is 1800. The Labute approximate surface area is 307 Å². The Morgan fingerprint density at radius 2 is 1.48 bits per heavy atom. The van der Waals surface area contributed by atoms with Crippen LogP contribution in [-0.4, -0.2) is 44.4 Å². The highest BCUT2D eigenvalue weighted by Gasteiger charge is 2.32. The van der Waals surface area contributed by atoms with E-state index in [2.05, 4.69) is 17.2 Å². The van der Waals surface area contributed by atoms with Crippen molar-refractivity contribution in [2.24, 2.45) is 37.8 Å². The molecular weight excluding hydrogens is 658 g/mol. The van der Waals surface area contributed by atoms with Gasteiger partial charge in [-0.2, -0.15) is 0 Å². The number of nitrogen functional groups attached to an aromatic ring is 1. The second-order valence-corrected chi connectivity index (χ2v) is 14.8. The lowest BCUT2D eigenvalue weighted by Crippen LogP contribution is -2.41. The van der Waals surface area contributed by atoms with Crippen LogP contribution in [-0.2, 0) is 52.5 Å². The smallest absolute Gasteiger partial charge is 0.308 e. The molecule has 0 aromatic carbocycles. The molecule has 3 aromatic rings. The normalized spacial score (nSPS) is 20.1. The number of Topliss-reactive ketones (excluding diaryl/α,β-unsaturated/α-hetero) is 1. The van der Waals surface area contributed by atoms with Crippen LogP contribution in [0, 0.1) is 30.6 Å². The first-order valence-corrected chi connectivity index (χ1v) is 18.9. The Balaban J connectivity index is 0.000000251. The minimum Gasteiger partial charge on any atom is -0.465 e. The fraction of sp³-hybridized carbons (Fsp3) is 0.561. The molecule has 5 atom stereocenters. The maximum Gasteiger partial charge on any atom is 0.308 e. The zero-order valence-electron chi connectivity index (χ0n) is 31.6. The van der Waals surface area contributed by atoms with E-state index in [0.29, 0.717) is 37.1 Å². The number of unbranched alkanes of at least 4 members (excludes halogenated alkanes) is 1. The van der Waals surface area contributed by atoms with E-state index in [0.717, 1.165) is 86.6 Å². The van der Waals surface area contributed by atoms with E-state index in [1.807, 2.05) is 31.3 Å². The Kier molecular flexibility index (Phi) is 15.0. The standard InChI is InChI=1S/C24H32N4O3.C17H25NO3/c1-15-19(7-9-22(25)26-15)6-8-21(29)16(2)27-24(31)20-5-4-17(13-20)12-18-10-11-28(3)23(30)14-18;1-3-4-9-21-17(20)15-6-5-13(11-15)10-14-7-8-18(2)16(19)12-14/h7,9-11,14,16-17,20H,4-6,8,12-13H2,1-3H3,(H2,25,26)(H,27,31);7-8,12-13,15H,3-6,9-11H2,1-2H3/t16-,17-,20+;13-,15+/m00/s1. The molecule has 2 fully saturated rings. The fourth-order valence-electron chi connectivity index (χ4n) is 7.27. The molecule has 11 heteroatoms. The highest BCUT2D eigenvalue weighted by Crippen LogP contribution is 2.34. The van der Waals surface area contributed by atoms with Crippen LogP contribution in [0.3, 0.4) is 0 Å². The third-order valence-corrected chi connectivity index (χ3v) is 10.6. The Hall–Kier alpha value is -4.54. The lowest BCUT2D eigenvalue weighted by Gasteiger charge is -2.17. The number of carbonyl (C=O) groups excluding carboxylic acids is 3. The van der Waals surface area contributed by atoms with Crippen molar-refractivity contribution in [2.45, 2.75) is 104 Å². The highest BCUT2D eigenvalue weighted by molar-refractivity contribution is 5.89. The minimum absolute atomic E-state index is 0.0120. The van der Waals surface area contributed by atoms with Gasteiger partial charge in [-0.25, -0.2) is 4.98 Å². The number of esters is 1.